The van der Waals surface area contributed by atoms with Crippen molar-refractivity contribution in [2.45, 2.75) is 70.4 Å². The number of nitrogens with zero attached hydrogens (tertiary/aromatic N) is 2. The first-order chi connectivity index (χ1) is 15.6. The van der Waals surface area contributed by atoms with E-state index in [0.29, 0.717) is 23.6 Å². The van der Waals surface area contributed by atoms with E-state index in [1.807, 2.05) is 10.9 Å². The Morgan fingerprint density at radius 2 is 2.09 bits per heavy atom. The van der Waals surface area contributed by atoms with Crippen molar-refractivity contribution in [2.24, 2.45) is 5.92 Å². The lowest BCUT2D eigenvalue weighted by Gasteiger charge is -2.26. The third-order valence-corrected chi connectivity index (χ3v) is 7.46. The predicted molar refractivity (Wildman–Crippen MR) is 128 cm³/mol. The summed E-state index contributed by atoms with van der Waals surface area (Å²) in [5.74, 6) is 2.17. The highest BCUT2D eigenvalue weighted by Gasteiger charge is 2.34. The van der Waals surface area contributed by atoms with Crippen LogP contribution in [0.5, 0.6) is 0 Å². The molecule has 1 unspecified atom stereocenters. The smallest absolute Gasteiger partial charge is 0.257 e. The Bertz CT molecular complexity index is 1040. The van der Waals surface area contributed by atoms with Gasteiger partial charge in [-0.1, -0.05) is 38.0 Å². The van der Waals surface area contributed by atoms with Crippen LogP contribution in [0.25, 0.3) is 0 Å². The van der Waals surface area contributed by atoms with Gasteiger partial charge in [-0.2, -0.15) is 16.9 Å². The molecular weight excluding hydrogens is 420 g/mol. The molecule has 0 radical (unpaired) electrons. The Kier molecular flexibility index (Phi) is 6.01. The number of hydrogen-bond donors (Lipinski definition) is 2. The van der Waals surface area contributed by atoms with E-state index in [2.05, 4.69) is 35.8 Å². The van der Waals surface area contributed by atoms with Crippen molar-refractivity contribution in [1.29, 1.82) is 0 Å². The van der Waals surface area contributed by atoms with Gasteiger partial charge in [0.05, 0.1) is 17.5 Å². The number of rotatable bonds is 9. The fraction of sp³-hybridized carbons (Fsp3) is 0.560. The summed E-state index contributed by atoms with van der Waals surface area (Å²) in [5.41, 5.74) is 5.26. The molecule has 1 atom stereocenters. The van der Waals surface area contributed by atoms with E-state index in [1.165, 1.54) is 54.1 Å². The van der Waals surface area contributed by atoms with E-state index in [-0.39, 0.29) is 17.9 Å². The number of benzene rings is 1. The topological polar surface area (TPSA) is 76.0 Å². The first kappa shape index (κ1) is 21.6. The molecule has 2 N–H and O–H groups in total. The largest absolute Gasteiger partial charge is 0.345 e. The van der Waals surface area contributed by atoms with Crippen LogP contribution in [0.15, 0.2) is 18.2 Å². The van der Waals surface area contributed by atoms with Gasteiger partial charge in [0.15, 0.2) is 0 Å². The summed E-state index contributed by atoms with van der Waals surface area (Å²) in [6.45, 7) is 2.92. The minimum Gasteiger partial charge on any atom is -0.345 e. The lowest BCUT2D eigenvalue weighted by molar-refractivity contribution is -0.113. The van der Waals surface area contributed by atoms with Crippen LogP contribution in [0.3, 0.4) is 0 Å². The average Bonchev–Trinajstić information content (AvgIpc) is 3.70. The zero-order valence-corrected chi connectivity index (χ0v) is 19.8. The van der Waals surface area contributed by atoms with Gasteiger partial charge >= 0.3 is 0 Å². The summed E-state index contributed by atoms with van der Waals surface area (Å²) in [6.07, 6.45) is 9.66. The molecule has 170 valence electrons. The third-order valence-electron chi connectivity index (χ3n) is 6.91. The fourth-order valence-electron chi connectivity index (χ4n) is 4.80. The summed E-state index contributed by atoms with van der Waals surface area (Å²) in [7, 11) is 0. The van der Waals surface area contributed by atoms with Gasteiger partial charge in [0.1, 0.15) is 11.4 Å². The maximum Gasteiger partial charge on any atom is 0.257 e. The molecule has 0 spiro atoms. The molecule has 1 aromatic carbocycles. The molecule has 2 saturated carbocycles. The summed E-state index contributed by atoms with van der Waals surface area (Å²) in [5, 5.41) is 11.0. The normalized spacial score (nSPS) is 20.1. The van der Waals surface area contributed by atoms with Gasteiger partial charge in [0.2, 0.25) is 5.91 Å². The van der Waals surface area contributed by atoms with Crippen LogP contribution in [0, 0.1) is 5.92 Å². The number of fused-ring (bicyclic) bond motifs is 1. The second kappa shape index (κ2) is 8.93. The molecule has 5 rings (SSSR count). The SMILES string of the molecule is CCc1cc(C2CC2)ccc1C1Cc2nn(CCC3CC3)c(NC(=O)CSC)c2C(=O)N1. The highest BCUT2D eigenvalue weighted by Crippen LogP contribution is 2.41. The number of carbonyl (C=O) groups excluding carboxylic acids is 2. The summed E-state index contributed by atoms with van der Waals surface area (Å²) < 4.78 is 1.86. The van der Waals surface area contributed by atoms with Crippen molar-refractivity contribution in [2.75, 3.05) is 17.3 Å². The number of thioether (sulfide) groups is 1. The number of hydrogen-bond acceptors (Lipinski definition) is 4. The second-order valence-electron chi connectivity index (χ2n) is 9.42. The van der Waals surface area contributed by atoms with Gasteiger partial charge in [0, 0.05) is 13.0 Å². The maximum atomic E-state index is 13.3. The first-order valence-electron chi connectivity index (χ1n) is 11.9. The van der Waals surface area contributed by atoms with Crippen molar-refractivity contribution in [3.05, 3.63) is 46.1 Å². The number of aromatic nitrogens is 2. The van der Waals surface area contributed by atoms with Crippen LogP contribution < -0.4 is 10.6 Å². The monoisotopic (exact) mass is 452 g/mol. The minimum atomic E-state index is -0.137. The van der Waals surface area contributed by atoms with Crippen molar-refractivity contribution in [3.8, 4) is 0 Å². The third kappa shape index (κ3) is 4.45. The molecule has 2 heterocycles. The number of anilines is 1. The molecule has 1 aliphatic heterocycles. The lowest BCUT2D eigenvalue weighted by atomic mass is 9.90. The highest BCUT2D eigenvalue weighted by molar-refractivity contribution is 7.99. The average molecular weight is 453 g/mol. The fourth-order valence-corrected chi connectivity index (χ4v) is 5.13. The molecular formula is C25H32N4O2S. The number of carbonyl (C=O) groups is 2. The molecule has 32 heavy (non-hydrogen) atoms. The molecule has 2 fully saturated rings. The van der Waals surface area contributed by atoms with Crippen molar-refractivity contribution in [3.63, 3.8) is 0 Å². The summed E-state index contributed by atoms with van der Waals surface area (Å²) >= 11 is 1.47. The maximum absolute atomic E-state index is 13.3. The molecule has 7 heteroatoms. The lowest BCUT2D eigenvalue weighted by Crippen LogP contribution is -2.36. The zero-order valence-electron chi connectivity index (χ0n) is 18.9. The Balaban J connectivity index is 1.44. The Hall–Kier alpha value is -2.28. The van der Waals surface area contributed by atoms with Crippen LogP contribution in [-0.2, 0) is 24.2 Å². The molecule has 0 saturated heterocycles. The van der Waals surface area contributed by atoms with Crippen molar-refractivity contribution < 1.29 is 9.59 Å². The molecule has 2 aromatic rings. The summed E-state index contributed by atoms with van der Waals surface area (Å²) in [6, 6.07) is 6.68. The van der Waals surface area contributed by atoms with E-state index >= 15 is 0 Å². The van der Waals surface area contributed by atoms with E-state index in [4.69, 9.17) is 5.10 Å². The Labute approximate surface area is 193 Å². The van der Waals surface area contributed by atoms with Crippen LogP contribution in [0.1, 0.15) is 83.7 Å². The number of amides is 2. The van der Waals surface area contributed by atoms with Crippen molar-refractivity contribution >= 4 is 29.4 Å². The molecule has 6 nitrogen and oxygen atoms in total. The second-order valence-corrected chi connectivity index (χ2v) is 10.3. The van der Waals surface area contributed by atoms with Gasteiger partial charge in [-0.25, -0.2) is 4.68 Å². The van der Waals surface area contributed by atoms with E-state index < -0.39 is 0 Å². The number of nitrogens with one attached hydrogen (secondary N) is 2. The first-order valence-corrected chi connectivity index (χ1v) is 13.3. The van der Waals surface area contributed by atoms with Crippen LogP contribution in [0.2, 0.25) is 0 Å². The van der Waals surface area contributed by atoms with E-state index in [0.717, 1.165) is 36.9 Å². The van der Waals surface area contributed by atoms with Crippen LogP contribution in [-0.4, -0.2) is 33.6 Å². The quantitative estimate of drug-likeness (QED) is 0.589. The molecule has 3 aliphatic rings. The zero-order chi connectivity index (χ0) is 22.2. The van der Waals surface area contributed by atoms with Crippen LogP contribution in [0.4, 0.5) is 5.82 Å². The molecule has 0 bridgehead atoms. The Morgan fingerprint density at radius 3 is 2.78 bits per heavy atom. The van der Waals surface area contributed by atoms with Gasteiger partial charge in [-0.3, -0.25) is 9.59 Å². The number of aryl methyl sites for hydroxylation is 2. The highest BCUT2D eigenvalue weighted by atomic mass is 32.2. The Morgan fingerprint density at radius 1 is 1.28 bits per heavy atom. The van der Waals surface area contributed by atoms with E-state index in [9.17, 15) is 9.59 Å². The van der Waals surface area contributed by atoms with E-state index in [1.54, 1.807) is 0 Å². The molecule has 2 amide bonds. The predicted octanol–water partition coefficient (Wildman–Crippen LogP) is 4.45. The van der Waals surface area contributed by atoms with Gasteiger partial charge in [-0.05, 0) is 60.5 Å². The summed E-state index contributed by atoms with van der Waals surface area (Å²) in [4.78, 5) is 25.6. The standard InChI is InChI=1S/C25H32N4O2S/c1-3-16-12-18(17-6-7-17)8-9-19(16)20-13-21-23(25(31)26-20)24(27-22(30)14-32-2)29(28-21)11-10-15-4-5-15/h8-9,12,15,17,20H,3-7,10-11,13-14H2,1-2H3,(H,26,31)(H,27,30). The van der Waals surface area contributed by atoms with Gasteiger partial charge in [0.25, 0.3) is 5.91 Å². The molecule has 2 aliphatic carbocycles. The minimum absolute atomic E-state index is 0.0836. The van der Waals surface area contributed by atoms with Gasteiger partial charge in [-0.15, -0.1) is 0 Å². The van der Waals surface area contributed by atoms with Crippen LogP contribution >= 0.6 is 11.8 Å². The van der Waals surface area contributed by atoms with Crippen molar-refractivity contribution in [1.82, 2.24) is 15.1 Å². The van der Waals surface area contributed by atoms with Gasteiger partial charge < -0.3 is 10.6 Å². The molecule has 1 aromatic heterocycles.